The van der Waals surface area contributed by atoms with Gasteiger partial charge in [-0.05, 0) is 0 Å². The summed E-state index contributed by atoms with van der Waals surface area (Å²) < 4.78 is 0.0532. The van der Waals surface area contributed by atoms with Crippen LogP contribution in [0.25, 0.3) is 0 Å². The van der Waals surface area contributed by atoms with Gasteiger partial charge in [0.2, 0.25) is 4.92 Å². The minimum atomic E-state index is -0.394. The predicted molar refractivity (Wildman–Crippen MR) is 44.1 cm³/mol. The molecule has 44 valence electrons. The molecule has 0 fully saturated rings. The fraction of sp³-hybridized carbons (Fsp3) is 0. The Morgan fingerprint density at radius 3 is 2.00 bits per heavy atom. The van der Waals surface area contributed by atoms with E-state index in [1.54, 1.807) is 0 Å². The van der Waals surface area contributed by atoms with E-state index in [0.29, 0.717) is 0 Å². The number of hydrogen-bond acceptors (Lipinski definition) is 3. The zero-order valence-corrected chi connectivity index (χ0v) is 4.95. The van der Waals surface area contributed by atoms with E-state index in [2.05, 4.69) is 25.3 Å². The maximum atomic E-state index is 9.53. The first-order chi connectivity index (χ1) is 3.13. The molecule has 0 amide bonds. The van der Waals surface area contributed by atoms with E-state index in [4.69, 9.17) is 5.21 Å². The SMILES string of the molecule is O=[N+](O)C=C([S-])S.[KH].[KH]. The zero-order chi connectivity index (χ0) is 5.86. The monoisotopic (exact) mass is 217 g/mol. The molecule has 0 unspecified atom stereocenters. The van der Waals surface area contributed by atoms with Gasteiger partial charge in [0.1, 0.15) is 0 Å². The average Bonchev–Trinajstić information content (AvgIpc) is 1.27. The summed E-state index contributed by atoms with van der Waals surface area (Å²) in [5.74, 6) is 0. The Balaban J connectivity index is -0.000000180. The van der Waals surface area contributed by atoms with Gasteiger partial charge in [-0.1, -0.05) is 4.24 Å². The first kappa shape index (κ1) is 17.9. The Morgan fingerprint density at radius 1 is 1.67 bits per heavy atom. The average molecular weight is 217 g/mol. The van der Waals surface area contributed by atoms with Crippen molar-refractivity contribution >= 4 is 128 Å². The van der Waals surface area contributed by atoms with Gasteiger partial charge in [0.05, 0.1) is 4.91 Å². The van der Waals surface area contributed by atoms with Gasteiger partial charge in [0.15, 0.2) is 0 Å². The molecule has 0 aromatic heterocycles. The number of rotatable bonds is 1. The van der Waals surface area contributed by atoms with Crippen LogP contribution in [0.2, 0.25) is 0 Å². The summed E-state index contributed by atoms with van der Waals surface area (Å²) in [6, 6.07) is 0. The van der Waals surface area contributed by atoms with Gasteiger partial charge in [0.25, 0.3) is 6.20 Å². The van der Waals surface area contributed by atoms with E-state index in [1.807, 2.05) is 0 Å². The number of thiol groups is 1. The fourth-order valence-corrected chi connectivity index (χ4v) is 0.283. The molecule has 0 radical (unpaired) electrons. The molecule has 9 heavy (non-hydrogen) atoms. The van der Waals surface area contributed by atoms with Crippen molar-refractivity contribution in [1.29, 1.82) is 0 Å². The van der Waals surface area contributed by atoms with Crippen LogP contribution in [0.4, 0.5) is 0 Å². The molecule has 0 saturated carbocycles. The summed E-state index contributed by atoms with van der Waals surface area (Å²) in [4.78, 5) is 9.14. The second-order valence-corrected chi connectivity index (χ2v) is 1.99. The topological polar surface area (TPSA) is 40.3 Å². The second-order valence-electron chi connectivity index (χ2n) is 0.770. The molecule has 0 aliphatic carbocycles. The molecule has 3 nitrogen and oxygen atoms in total. The Labute approximate surface area is 149 Å². The first-order valence-corrected chi connectivity index (χ1v) is 2.21. The van der Waals surface area contributed by atoms with Gasteiger partial charge in [-0.25, -0.2) is 5.21 Å². The molecule has 0 rings (SSSR count). The molecular formula is C2H5K2NO2S2. The van der Waals surface area contributed by atoms with Crippen LogP contribution in [0.15, 0.2) is 10.4 Å². The van der Waals surface area contributed by atoms with Gasteiger partial charge >= 0.3 is 103 Å². The summed E-state index contributed by atoms with van der Waals surface area (Å²) in [6.07, 6.45) is 0.762. The molecule has 1 N–H and O–H groups in total. The Hall–Kier alpha value is 2.98. The van der Waals surface area contributed by atoms with Gasteiger partial charge in [-0.2, -0.15) is 12.6 Å². The molecule has 0 aromatic carbocycles. The van der Waals surface area contributed by atoms with Crippen LogP contribution in [0.3, 0.4) is 0 Å². The van der Waals surface area contributed by atoms with Crippen LogP contribution in [0.1, 0.15) is 0 Å². The second kappa shape index (κ2) is 11.0. The van der Waals surface area contributed by atoms with Gasteiger partial charge in [-0.15, -0.1) is 0 Å². The van der Waals surface area contributed by atoms with Gasteiger partial charge in [0, 0.05) is 0 Å². The van der Waals surface area contributed by atoms with Crippen molar-refractivity contribution in [3.63, 3.8) is 0 Å². The molecule has 0 atom stereocenters. The van der Waals surface area contributed by atoms with Crippen LogP contribution in [0, 0.1) is 4.91 Å². The van der Waals surface area contributed by atoms with Gasteiger partial charge < -0.3 is 12.6 Å². The standard InChI is InChI=1S/C2H3NO2S2.2K.2H/c4-3(5)1-2(6)7;;;;/h1H,(H2-,4,5,6,7);;;;. The van der Waals surface area contributed by atoms with Crippen LogP contribution in [-0.4, -0.2) is 113 Å². The van der Waals surface area contributed by atoms with E-state index in [-0.39, 0.29) is 107 Å². The van der Waals surface area contributed by atoms with Crippen LogP contribution in [0.5, 0.6) is 0 Å². The van der Waals surface area contributed by atoms with Crippen molar-refractivity contribution < 1.29 is 10.1 Å². The number of nitrogens with zero attached hydrogens (tertiary/aromatic N) is 1. The zero-order valence-electron chi connectivity index (χ0n) is 3.24. The summed E-state index contributed by atoms with van der Waals surface area (Å²) in [5.41, 5.74) is 0. The maximum absolute atomic E-state index is 9.53. The molecule has 7 heteroatoms. The van der Waals surface area contributed by atoms with Crippen molar-refractivity contribution in [2.75, 3.05) is 0 Å². The molecule has 0 saturated heterocycles. The summed E-state index contributed by atoms with van der Waals surface area (Å²) in [5, 5.41) is 7.81. The van der Waals surface area contributed by atoms with E-state index in [0.717, 1.165) is 6.20 Å². The molecule has 0 heterocycles. The summed E-state index contributed by atoms with van der Waals surface area (Å²) in [6.45, 7) is 0. The third-order valence-corrected chi connectivity index (χ3v) is 0.442. The van der Waals surface area contributed by atoms with Crippen molar-refractivity contribution in [3.05, 3.63) is 15.3 Å². The number of hydrogen-bond donors (Lipinski definition) is 2. The molecule has 0 aliphatic heterocycles. The fourth-order valence-electron chi connectivity index (χ4n) is 0.0945. The molecular weight excluding hydrogens is 212 g/mol. The van der Waals surface area contributed by atoms with Gasteiger partial charge in [-0.3, -0.25) is 0 Å². The van der Waals surface area contributed by atoms with Crippen molar-refractivity contribution in [2.24, 2.45) is 0 Å². The van der Waals surface area contributed by atoms with E-state index in [1.165, 1.54) is 0 Å². The van der Waals surface area contributed by atoms with Crippen LogP contribution >= 0.6 is 12.6 Å². The molecule has 0 aliphatic rings. The molecule has 0 aromatic rings. The Morgan fingerprint density at radius 2 is 2.00 bits per heavy atom. The van der Waals surface area contributed by atoms with E-state index in [9.17, 15) is 4.91 Å². The van der Waals surface area contributed by atoms with E-state index < -0.39 is 4.92 Å². The summed E-state index contributed by atoms with van der Waals surface area (Å²) in [7, 11) is 0. The quantitative estimate of drug-likeness (QED) is 0.260. The summed E-state index contributed by atoms with van der Waals surface area (Å²) >= 11 is 7.79. The van der Waals surface area contributed by atoms with Crippen molar-refractivity contribution in [3.8, 4) is 0 Å². The normalized spacial score (nSPS) is 8.78. The predicted octanol–water partition coefficient (Wildman–Crippen LogP) is -0.867. The van der Waals surface area contributed by atoms with Crippen molar-refractivity contribution in [2.45, 2.75) is 0 Å². The minimum absolute atomic E-state index is 0. The third-order valence-electron chi connectivity index (χ3n) is 0.221. The van der Waals surface area contributed by atoms with Crippen molar-refractivity contribution in [1.82, 2.24) is 0 Å². The Kier molecular flexibility index (Phi) is 21.9. The van der Waals surface area contributed by atoms with E-state index >= 15 is 0 Å². The Bertz CT molecular complexity index is 113. The van der Waals surface area contributed by atoms with Crippen LogP contribution in [-0.2, 0) is 12.6 Å². The first-order valence-electron chi connectivity index (χ1n) is 1.36. The molecule has 0 spiro atoms. The van der Waals surface area contributed by atoms with Crippen LogP contribution < -0.4 is 0 Å². The molecule has 0 bridgehead atoms. The third kappa shape index (κ3) is 18.2.